The Hall–Kier alpha value is -1.36. The molecule has 0 aliphatic carbocycles. The van der Waals surface area contributed by atoms with Gasteiger partial charge in [-0.05, 0) is 32.3 Å². The number of rotatable bonds is 3. The number of carbonyl (C=O) groups is 1. The molecular formula is C11H17N3O2. The lowest BCUT2D eigenvalue weighted by molar-refractivity contribution is -0.140. The molecule has 2 heterocycles. The van der Waals surface area contributed by atoms with Crippen molar-refractivity contribution >= 4 is 5.97 Å². The van der Waals surface area contributed by atoms with Crippen molar-refractivity contribution in [2.24, 2.45) is 0 Å². The van der Waals surface area contributed by atoms with E-state index < -0.39 is 12.0 Å². The highest BCUT2D eigenvalue weighted by Crippen LogP contribution is 2.25. The highest BCUT2D eigenvalue weighted by atomic mass is 16.4. The number of carboxylic acids is 1. The summed E-state index contributed by atoms with van der Waals surface area (Å²) in [6.45, 7) is 2.85. The Morgan fingerprint density at radius 1 is 1.69 bits per heavy atom. The molecule has 88 valence electrons. The fourth-order valence-electron chi connectivity index (χ4n) is 2.27. The van der Waals surface area contributed by atoms with Crippen molar-refractivity contribution in [3.63, 3.8) is 0 Å². The van der Waals surface area contributed by atoms with E-state index in [1.165, 1.54) is 0 Å². The first-order chi connectivity index (χ1) is 7.72. The van der Waals surface area contributed by atoms with Crippen LogP contribution in [0, 0.1) is 0 Å². The van der Waals surface area contributed by atoms with E-state index in [2.05, 4.69) is 10.4 Å². The van der Waals surface area contributed by atoms with E-state index in [-0.39, 0.29) is 6.04 Å². The van der Waals surface area contributed by atoms with Gasteiger partial charge in [0.05, 0.1) is 5.69 Å². The van der Waals surface area contributed by atoms with Gasteiger partial charge < -0.3 is 5.11 Å². The van der Waals surface area contributed by atoms with Crippen molar-refractivity contribution in [2.75, 3.05) is 0 Å². The third-order valence-corrected chi connectivity index (χ3v) is 3.09. The van der Waals surface area contributed by atoms with Crippen molar-refractivity contribution in [1.29, 1.82) is 0 Å². The molecule has 0 amide bonds. The number of nitrogens with one attached hydrogen (secondary N) is 1. The molecule has 1 aromatic heterocycles. The molecule has 1 aliphatic rings. The molecule has 0 bridgehead atoms. The number of nitrogens with zero attached hydrogens (tertiary/aromatic N) is 2. The first kappa shape index (κ1) is 11.1. The Labute approximate surface area is 94.5 Å². The zero-order valence-corrected chi connectivity index (χ0v) is 9.39. The van der Waals surface area contributed by atoms with E-state index in [0.717, 1.165) is 25.1 Å². The van der Waals surface area contributed by atoms with Gasteiger partial charge in [-0.3, -0.25) is 14.8 Å². The Morgan fingerprint density at radius 3 is 3.19 bits per heavy atom. The lowest BCUT2D eigenvalue weighted by atomic mass is 9.96. The summed E-state index contributed by atoms with van der Waals surface area (Å²) in [5, 5.41) is 16.4. The van der Waals surface area contributed by atoms with Gasteiger partial charge in [-0.25, -0.2) is 0 Å². The van der Waals surface area contributed by atoms with Crippen LogP contribution in [0.25, 0.3) is 0 Å². The molecule has 1 aromatic rings. The van der Waals surface area contributed by atoms with E-state index in [4.69, 9.17) is 5.11 Å². The molecule has 2 N–H and O–H groups in total. The van der Waals surface area contributed by atoms with E-state index in [1.807, 2.05) is 17.7 Å². The maximum absolute atomic E-state index is 10.9. The SMILES string of the molecule is CCn1nccc1C1CCCC(C(=O)O)N1. The lowest BCUT2D eigenvalue weighted by Crippen LogP contribution is -2.42. The van der Waals surface area contributed by atoms with Gasteiger partial charge in [-0.2, -0.15) is 5.10 Å². The van der Waals surface area contributed by atoms with Crippen LogP contribution in [0.4, 0.5) is 0 Å². The zero-order chi connectivity index (χ0) is 11.5. The summed E-state index contributed by atoms with van der Waals surface area (Å²) in [5.74, 6) is -0.757. The minimum absolute atomic E-state index is 0.122. The molecule has 2 unspecified atom stereocenters. The average Bonchev–Trinajstić information content (AvgIpc) is 2.77. The fourth-order valence-corrected chi connectivity index (χ4v) is 2.27. The predicted octanol–water partition coefficient (Wildman–Crippen LogP) is 1.17. The number of hydrogen-bond donors (Lipinski definition) is 2. The number of aliphatic carboxylic acids is 1. The van der Waals surface area contributed by atoms with Crippen LogP contribution >= 0.6 is 0 Å². The summed E-state index contributed by atoms with van der Waals surface area (Å²) in [7, 11) is 0. The summed E-state index contributed by atoms with van der Waals surface area (Å²) in [4.78, 5) is 10.9. The molecule has 2 rings (SSSR count). The van der Waals surface area contributed by atoms with Crippen LogP contribution in [-0.4, -0.2) is 26.9 Å². The summed E-state index contributed by atoms with van der Waals surface area (Å²) in [5.41, 5.74) is 1.09. The minimum atomic E-state index is -0.757. The van der Waals surface area contributed by atoms with Crippen LogP contribution in [0.15, 0.2) is 12.3 Å². The Balaban J connectivity index is 2.12. The van der Waals surface area contributed by atoms with E-state index >= 15 is 0 Å². The summed E-state index contributed by atoms with van der Waals surface area (Å²) in [6.07, 6.45) is 4.41. The van der Waals surface area contributed by atoms with Gasteiger partial charge >= 0.3 is 5.97 Å². The van der Waals surface area contributed by atoms with Crippen LogP contribution in [0.3, 0.4) is 0 Å². The summed E-state index contributed by atoms with van der Waals surface area (Å²) >= 11 is 0. The fraction of sp³-hybridized carbons (Fsp3) is 0.636. The van der Waals surface area contributed by atoms with E-state index in [9.17, 15) is 4.79 Å². The Kier molecular flexibility index (Phi) is 3.24. The molecule has 1 saturated heterocycles. The molecule has 0 radical (unpaired) electrons. The van der Waals surface area contributed by atoms with Crippen LogP contribution in [0.5, 0.6) is 0 Å². The van der Waals surface area contributed by atoms with Gasteiger partial charge in [0.25, 0.3) is 0 Å². The molecule has 2 atom stereocenters. The minimum Gasteiger partial charge on any atom is -0.480 e. The van der Waals surface area contributed by atoms with Crippen molar-refractivity contribution in [3.8, 4) is 0 Å². The summed E-state index contributed by atoms with van der Waals surface area (Å²) < 4.78 is 1.92. The first-order valence-electron chi connectivity index (χ1n) is 5.73. The maximum Gasteiger partial charge on any atom is 0.320 e. The van der Waals surface area contributed by atoms with Gasteiger partial charge in [0.15, 0.2) is 0 Å². The molecule has 1 fully saturated rings. The maximum atomic E-state index is 10.9. The molecule has 5 nitrogen and oxygen atoms in total. The number of aromatic nitrogens is 2. The number of carboxylic acid groups (broad SMARTS) is 1. The molecule has 0 spiro atoms. The van der Waals surface area contributed by atoms with Gasteiger partial charge in [-0.15, -0.1) is 0 Å². The number of piperidine rings is 1. The number of hydrogen-bond acceptors (Lipinski definition) is 3. The van der Waals surface area contributed by atoms with E-state index in [1.54, 1.807) is 6.20 Å². The molecule has 0 aromatic carbocycles. The van der Waals surface area contributed by atoms with Crippen molar-refractivity contribution in [2.45, 2.75) is 44.8 Å². The Bertz CT molecular complexity index is 375. The number of aryl methyl sites for hydroxylation is 1. The second-order valence-corrected chi connectivity index (χ2v) is 4.11. The van der Waals surface area contributed by atoms with Gasteiger partial charge in [0.2, 0.25) is 0 Å². The third-order valence-electron chi connectivity index (χ3n) is 3.09. The van der Waals surface area contributed by atoms with Crippen molar-refractivity contribution in [1.82, 2.24) is 15.1 Å². The van der Waals surface area contributed by atoms with Crippen LogP contribution in [0.1, 0.15) is 37.9 Å². The highest BCUT2D eigenvalue weighted by Gasteiger charge is 2.28. The topological polar surface area (TPSA) is 67.2 Å². The smallest absolute Gasteiger partial charge is 0.320 e. The van der Waals surface area contributed by atoms with Crippen LogP contribution in [0.2, 0.25) is 0 Å². The van der Waals surface area contributed by atoms with Gasteiger partial charge in [0.1, 0.15) is 6.04 Å². The Morgan fingerprint density at radius 2 is 2.50 bits per heavy atom. The van der Waals surface area contributed by atoms with Crippen molar-refractivity contribution < 1.29 is 9.90 Å². The highest BCUT2D eigenvalue weighted by molar-refractivity contribution is 5.73. The lowest BCUT2D eigenvalue weighted by Gasteiger charge is -2.28. The average molecular weight is 223 g/mol. The molecule has 0 saturated carbocycles. The van der Waals surface area contributed by atoms with Crippen molar-refractivity contribution in [3.05, 3.63) is 18.0 Å². The summed E-state index contributed by atoms with van der Waals surface area (Å²) in [6, 6.07) is 1.67. The molecule has 16 heavy (non-hydrogen) atoms. The van der Waals surface area contributed by atoms with Crippen LogP contribution in [-0.2, 0) is 11.3 Å². The molecular weight excluding hydrogens is 206 g/mol. The zero-order valence-electron chi connectivity index (χ0n) is 9.39. The van der Waals surface area contributed by atoms with Crippen LogP contribution < -0.4 is 5.32 Å². The molecule has 5 heteroatoms. The monoisotopic (exact) mass is 223 g/mol. The second-order valence-electron chi connectivity index (χ2n) is 4.11. The van der Waals surface area contributed by atoms with E-state index in [0.29, 0.717) is 6.42 Å². The predicted molar refractivity (Wildman–Crippen MR) is 59.1 cm³/mol. The quantitative estimate of drug-likeness (QED) is 0.807. The third kappa shape index (κ3) is 2.09. The standard InChI is InChI=1S/C11H17N3O2/c1-2-14-10(6-7-12-14)8-4-3-5-9(13-8)11(15)16/h6-9,13H,2-5H2,1H3,(H,15,16). The second kappa shape index (κ2) is 4.65. The van der Waals surface area contributed by atoms with Gasteiger partial charge in [0, 0.05) is 18.8 Å². The van der Waals surface area contributed by atoms with Gasteiger partial charge in [-0.1, -0.05) is 0 Å². The largest absolute Gasteiger partial charge is 0.480 e. The normalized spacial score (nSPS) is 25.6. The molecule has 1 aliphatic heterocycles. The first-order valence-corrected chi connectivity index (χ1v) is 5.73.